The molecule has 9 nitrogen and oxygen atoms in total. The smallest absolute Gasteiger partial charge is 0.259 e. The predicted molar refractivity (Wildman–Crippen MR) is 95.8 cm³/mol. The molecule has 27 heavy (non-hydrogen) atoms. The maximum Gasteiger partial charge on any atom is 0.259 e. The van der Waals surface area contributed by atoms with E-state index in [4.69, 9.17) is 4.52 Å². The number of aromatic nitrogens is 5. The number of nitrogens with one attached hydrogen (secondary N) is 1. The van der Waals surface area contributed by atoms with E-state index in [2.05, 4.69) is 20.2 Å². The summed E-state index contributed by atoms with van der Waals surface area (Å²) in [6.07, 6.45) is 7.18. The molecule has 0 atom stereocenters. The first-order chi connectivity index (χ1) is 13.2. The zero-order valence-electron chi connectivity index (χ0n) is 14.7. The lowest BCUT2D eigenvalue weighted by Crippen LogP contribution is -2.38. The van der Waals surface area contributed by atoms with Crippen molar-refractivity contribution in [2.75, 3.05) is 13.1 Å². The molecule has 4 heterocycles. The van der Waals surface area contributed by atoms with Gasteiger partial charge in [-0.15, -0.1) is 0 Å². The fourth-order valence-electron chi connectivity index (χ4n) is 3.25. The van der Waals surface area contributed by atoms with E-state index in [-0.39, 0.29) is 17.4 Å². The summed E-state index contributed by atoms with van der Waals surface area (Å²) in [5.74, 6) is 1.35. The number of carbonyl (C=O) groups is 1. The number of rotatable bonds is 5. The van der Waals surface area contributed by atoms with E-state index in [0.717, 1.165) is 12.8 Å². The summed E-state index contributed by atoms with van der Waals surface area (Å²) in [7, 11) is 0. The van der Waals surface area contributed by atoms with Crippen molar-refractivity contribution >= 4 is 5.91 Å². The number of hydrogen-bond donors (Lipinski definition) is 1. The van der Waals surface area contributed by atoms with Crippen LogP contribution in [0.1, 0.15) is 31.0 Å². The summed E-state index contributed by atoms with van der Waals surface area (Å²) in [6.45, 7) is 1.97. The van der Waals surface area contributed by atoms with Crippen molar-refractivity contribution in [3.8, 4) is 11.5 Å². The molecule has 1 N–H and O–H groups in total. The molecule has 0 saturated carbocycles. The van der Waals surface area contributed by atoms with Crippen LogP contribution in [-0.4, -0.2) is 48.8 Å². The Morgan fingerprint density at radius 2 is 2.15 bits per heavy atom. The fraction of sp³-hybridized carbons (Fsp3) is 0.389. The SMILES string of the molecule is O=C(CCn1cccn1)N1CCC(c2noc(-c3ccc(=O)[nH]c3)n2)CC1. The number of pyridine rings is 1. The predicted octanol–water partition coefficient (Wildman–Crippen LogP) is 1.42. The Morgan fingerprint density at radius 3 is 2.85 bits per heavy atom. The second-order valence-corrected chi connectivity index (χ2v) is 6.57. The maximum absolute atomic E-state index is 12.4. The van der Waals surface area contributed by atoms with Crippen molar-refractivity contribution in [2.45, 2.75) is 31.7 Å². The van der Waals surface area contributed by atoms with Gasteiger partial charge in [-0.1, -0.05) is 5.16 Å². The molecule has 0 aliphatic carbocycles. The van der Waals surface area contributed by atoms with Crippen LogP contribution >= 0.6 is 0 Å². The molecule has 1 saturated heterocycles. The number of aromatic amines is 1. The molecular weight excluding hydrogens is 348 g/mol. The Labute approximate surface area is 155 Å². The minimum absolute atomic E-state index is 0.144. The molecule has 3 aromatic heterocycles. The Hall–Kier alpha value is -3.23. The Morgan fingerprint density at radius 1 is 1.30 bits per heavy atom. The number of hydrogen-bond acceptors (Lipinski definition) is 6. The van der Waals surface area contributed by atoms with Crippen LogP contribution in [-0.2, 0) is 11.3 Å². The lowest BCUT2D eigenvalue weighted by Gasteiger charge is -2.30. The van der Waals surface area contributed by atoms with Crippen LogP contribution in [0.4, 0.5) is 0 Å². The van der Waals surface area contributed by atoms with E-state index < -0.39 is 0 Å². The molecule has 9 heteroatoms. The first-order valence-corrected chi connectivity index (χ1v) is 8.97. The number of piperidine rings is 1. The third-order valence-corrected chi connectivity index (χ3v) is 4.80. The lowest BCUT2D eigenvalue weighted by molar-refractivity contribution is -0.132. The Balaban J connectivity index is 1.32. The average molecular weight is 368 g/mol. The van der Waals surface area contributed by atoms with Crippen LogP contribution in [0, 0.1) is 0 Å². The lowest BCUT2D eigenvalue weighted by atomic mass is 9.96. The molecule has 0 radical (unpaired) electrons. The topological polar surface area (TPSA) is 110 Å². The van der Waals surface area contributed by atoms with E-state index in [0.29, 0.717) is 43.3 Å². The van der Waals surface area contributed by atoms with Gasteiger partial charge in [-0.05, 0) is 25.0 Å². The molecule has 1 aliphatic rings. The van der Waals surface area contributed by atoms with Gasteiger partial charge in [0.25, 0.3) is 5.89 Å². The zero-order valence-corrected chi connectivity index (χ0v) is 14.7. The highest BCUT2D eigenvalue weighted by Crippen LogP contribution is 2.28. The highest BCUT2D eigenvalue weighted by Gasteiger charge is 2.27. The summed E-state index contributed by atoms with van der Waals surface area (Å²) in [5, 5.41) is 8.20. The Kier molecular flexibility index (Phi) is 4.82. The number of likely N-dealkylation sites (tertiary alicyclic amines) is 1. The van der Waals surface area contributed by atoms with E-state index in [9.17, 15) is 9.59 Å². The zero-order chi connectivity index (χ0) is 18.6. The first-order valence-electron chi connectivity index (χ1n) is 8.97. The summed E-state index contributed by atoms with van der Waals surface area (Å²) in [5.41, 5.74) is 0.502. The summed E-state index contributed by atoms with van der Waals surface area (Å²) < 4.78 is 7.09. The maximum atomic E-state index is 12.4. The van der Waals surface area contributed by atoms with Gasteiger partial charge in [0, 0.05) is 56.6 Å². The van der Waals surface area contributed by atoms with Gasteiger partial charge < -0.3 is 14.4 Å². The molecule has 140 valence electrons. The minimum Gasteiger partial charge on any atom is -0.343 e. The number of carbonyl (C=O) groups excluding carboxylic acids is 1. The van der Waals surface area contributed by atoms with Gasteiger partial charge in [0.15, 0.2) is 5.82 Å². The van der Waals surface area contributed by atoms with E-state index in [1.807, 2.05) is 17.2 Å². The van der Waals surface area contributed by atoms with Crippen LogP contribution < -0.4 is 5.56 Å². The van der Waals surface area contributed by atoms with E-state index >= 15 is 0 Å². The number of nitrogens with zero attached hydrogens (tertiary/aromatic N) is 5. The van der Waals surface area contributed by atoms with Crippen LogP contribution in [0.3, 0.4) is 0 Å². The second-order valence-electron chi connectivity index (χ2n) is 6.57. The molecule has 1 amide bonds. The molecule has 0 spiro atoms. The van der Waals surface area contributed by atoms with Gasteiger partial charge in [0.2, 0.25) is 11.5 Å². The highest BCUT2D eigenvalue weighted by molar-refractivity contribution is 5.76. The number of H-pyrrole nitrogens is 1. The second kappa shape index (κ2) is 7.56. The van der Waals surface area contributed by atoms with Crippen molar-refractivity contribution in [3.05, 3.63) is 53.0 Å². The third kappa shape index (κ3) is 3.97. The normalized spacial score (nSPS) is 15.2. The molecule has 0 unspecified atom stereocenters. The van der Waals surface area contributed by atoms with Crippen LogP contribution in [0.2, 0.25) is 0 Å². The average Bonchev–Trinajstić information content (AvgIpc) is 3.39. The molecule has 0 aromatic carbocycles. The van der Waals surface area contributed by atoms with E-state index in [1.165, 1.54) is 6.07 Å². The molecule has 4 rings (SSSR count). The largest absolute Gasteiger partial charge is 0.343 e. The van der Waals surface area contributed by atoms with Gasteiger partial charge in [-0.3, -0.25) is 14.3 Å². The van der Waals surface area contributed by atoms with E-state index in [1.54, 1.807) is 23.1 Å². The monoisotopic (exact) mass is 368 g/mol. The van der Waals surface area contributed by atoms with Crippen molar-refractivity contribution < 1.29 is 9.32 Å². The summed E-state index contributed by atoms with van der Waals surface area (Å²) in [4.78, 5) is 32.4. The van der Waals surface area contributed by atoms with Crippen molar-refractivity contribution in [3.63, 3.8) is 0 Å². The van der Waals surface area contributed by atoms with Crippen LogP contribution in [0.5, 0.6) is 0 Å². The first kappa shape index (κ1) is 17.2. The van der Waals surface area contributed by atoms with Gasteiger partial charge >= 0.3 is 0 Å². The molecule has 1 fully saturated rings. The number of aryl methyl sites for hydroxylation is 1. The van der Waals surface area contributed by atoms with Crippen molar-refractivity contribution in [2.24, 2.45) is 0 Å². The molecular formula is C18H20N6O3. The molecule has 1 aliphatic heterocycles. The fourth-order valence-corrected chi connectivity index (χ4v) is 3.25. The summed E-state index contributed by atoms with van der Waals surface area (Å²) in [6, 6.07) is 4.92. The molecule has 3 aromatic rings. The van der Waals surface area contributed by atoms with Gasteiger partial charge in [-0.25, -0.2) is 0 Å². The van der Waals surface area contributed by atoms with Crippen molar-refractivity contribution in [1.29, 1.82) is 0 Å². The van der Waals surface area contributed by atoms with Crippen LogP contribution in [0.15, 0.2) is 46.1 Å². The minimum atomic E-state index is -0.178. The van der Waals surface area contributed by atoms with Crippen molar-refractivity contribution in [1.82, 2.24) is 29.8 Å². The standard InChI is InChI=1S/C18H20N6O3/c25-15-3-2-14(12-19-15)18-21-17(22-27-18)13-4-9-23(10-5-13)16(26)6-11-24-8-1-7-20-24/h1-3,7-8,12-13H,4-6,9-11H2,(H,19,25). The quantitative estimate of drug-likeness (QED) is 0.729. The van der Waals surface area contributed by atoms with Crippen LogP contribution in [0.25, 0.3) is 11.5 Å². The Bertz CT molecular complexity index is 933. The van der Waals surface area contributed by atoms with Gasteiger partial charge in [-0.2, -0.15) is 10.1 Å². The summed E-state index contributed by atoms with van der Waals surface area (Å²) >= 11 is 0. The highest BCUT2D eigenvalue weighted by atomic mass is 16.5. The molecule has 0 bridgehead atoms. The van der Waals surface area contributed by atoms with Gasteiger partial charge in [0.1, 0.15) is 0 Å². The number of amides is 1. The third-order valence-electron chi connectivity index (χ3n) is 4.80. The van der Waals surface area contributed by atoms with Gasteiger partial charge in [0.05, 0.1) is 5.56 Å².